The maximum Gasteiger partial charge on any atom is 0.0353 e. The zero-order valence-electron chi connectivity index (χ0n) is 23.8. The van der Waals surface area contributed by atoms with Crippen LogP contribution in [-0.4, -0.2) is 0 Å². The van der Waals surface area contributed by atoms with Gasteiger partial charge in [0, 0.05) is 11.4 Å². The van der Waals surface area contributed by atoms with Gasteiger partial charge in [-0.15, -0.1) is 0 Å². The fourth-order valence-corrected chi connectivity index (χ4v) is 5.95. The van der Waals surface area contributed by atoms with Gasteiger partial charge in [-0.05, 0) is 93.5 Å². The van der Waals surface area contributed by atoms with E-state index in [0.29, 0.717) is 0 Å². The number of hydrogen-bond donors (Lipinski definition) is 2. The van der Waals surface area contributed by atoms with Crippen LogP contribution in [-0.2, 0) is 25.7 Å². The summed E-state index contributed by atoms with van der Waals surface area (Å²) in [6.07, 6.45) is 3.16. The first kappa shape index (κ1) is 27.1. The molecular weight excluding hydrogens is 508 g/mol. The zero-order chi connectivity index (χ0) is 28.7. The number of rotatable bonds is 9. The highest BCUT2D eigenvalue weighted by molar-refractivity contribution is 5.79. The molecule has 6 aromatic carbocycles. The monoisotopic (exact) mass is 544 g/mol. The second-order valence-corrected chi connectivity index (χ2v) is 11.0. The van der Waals surface area contributed by atoms with Crippen molar-refractivity contribution in [2.75, 3.05) is 11.5 Å². The van der Waals surface area contributed by atoms with Crippen molar-refractivity contribution in [3.8, 4) is 11.1 Å². The van der Waals surface area contributed by atoms with E-state index in [0.717, 1.165) is 37.1 Å². The largest absolute Gasteiger partial charge is 0.398 e. The van der Waals surface area contributed by atoms with Crippen LogP contribution in [0.3, 0.4) is 0 Å². The summed E-state index contributed by atoms with van der Waals surface area (Å²) in [5.74, 6) is 0. The van der Waals surface area contributed by atoms with E-state index in [4.69, 9.17) is 11.5 Å². The van der Waals surface area contributed by atoms with E-state index in [1.165, 1.54) is 55.6 Å². The topological polar surface area (TPSA) is 52.0 Å². The maximum absolute atomic E-state index is 6.77. The number of benzene rings is 6. The summed E-state index contributed by atoms with van der Waals surface area (Å²) in [5.41, 5.74) is 27.6. The second-order valence-electron chi connectivity index (χ2n) is 11.0. The highest BCUT2D eigenvalue weighted by atomic mass is 14.6. The van der Waals surface area contributed by atoms with Crippen LogP contribution in [0.5, 0.6) is 0 Å². The van der Waals surface area contributed by atoms with Gasteiger partial charge in [0.2, 0.25) is 0 Å². The van der Waals surface area contributed by atoms with Gasteiger partial charge in [-0.3, -0.25) is 0 Å². The molecule has 0 heterocycles. The normalized spacial score (nSPS) is 11.0. The molecule has 0 radical (unpaired) electrons. The molecule has 2 nitrogen and oxygen atoms in total. The van der Waals surface area contributed by atoms with Gasteiger partial charge in [-0.2, -0.15) is 0 Å². The van der Waals surface area contributed by atoms with Gasteiger partial charge >= 0.3 is 0 Å². The van der Waals surface area contributed by atoms with Crippen LogP contribution in [0, 0.1) is 0 Å². The summed E-state index contributed by atoms with van der Waals surface area (Å²) in [6, 6.07) is 51.2. The lowest BCUT2D eigenvalue weighted by atomic mass is 9.82. The Morgan fingerprint density at radius 2 is 0.548 bits per heavy atom. The van der Waals surface area contributed by atoms with E-state index >= 15 is 0 Å². The van der Waals surface area contributed by atoms with Gasteiger partial charge in [0.1, 0.15) is 0 Å². The molecule has 0 atom stereocenters. The molecule has 0 spiro atoms. The maximum atomic E-state index is 6.77. The Morgan fingerprint density at radius 1 is 0.286 bits per heavy atom. The van der Waals surface area contributed by atoms with Crippen LogP contribution < -0.4 is 11.5 Å². The molecule has 2 heteroatoms. The third-order valence-corrected chi connectivity index (χ3v) is 8.12. The molecule has 6 rings (SSSR count). The fraction of sp³-hybridized carbons (Fsp3) is 0.100. The van der Waals surface area contributed by atoms with Crippen molar-refractivity contribution in [3.63, 3.8) is 0 Å². The van der Waals surface area contributed by atoms with Crippen molar-refractivity contribution < 1.29 is 0 Å². The SMILES string of the molecule is Nc1ccc(-c2ccc(N)c(Cc3ccccc3)c2Cc2ccccc2)c(Cc2ccccc2)c1Cc1ccccc1. The summed E-state index contributed by atoms with van der Waals surface area (Å²) < 4.78 is 0. The van der Waals surface area contributed by atoms with Crippen molar-refractivity contribution in [3.05, 3.63) is 190 Å². The lowest BCUT2D eigenvalue weighted by molar-refractivity contribution is 1.08. The number of nitrogens with two attached hydrogens (primary N) is 2. The molecule has 206 valence electrons. The molecule has 0 amide bonds. The predicted molar refractivity (Wildman–Crippen MR) is 178 cm³/mol. The third kappa shape index (κ3) is 6.14. The molecule has 0 saturated carbocycles. The predicted octanol–water partition coefficient (Wildman–Crippen LogP) is 8.88. The van der Waals surface area contributed by atoms with Crippen LogP contribution in [0.2, 0.25) is 0 Å². The number of nitrogen functional groups attached to an aromatic ring is 2. The summed E-state index contributed by atoms with van der Waals surface area (Å²) in [7, 11) is 0. The first-order valence-corrected chi connectivity index (χ1v) is 14.6. The fourth-order valence-electron chi connectivity index (χ4n) is 5.95. The van der Waals surface area contributed by atoms with Crippen molar-refractivity contribution in [1.29, 1.82) is 0 Å². The van der Waals surface area contributed by atoms with E-state index in [2.05, 4.69) is 146 Å². The van der Waals surface area contributed by atoms with Gasteiger partial charge in [0.15, 0.2) is 0 Å². The molecule has 42 heavy (non-hydrogen) atoms. The quantitative estimate of drug-likeness (QED) is 0.179. The minimum Gasteiger partial charge on any atom is -0.398 e. The highest BCUT2D eigenvalue weighted by Gasteiger charge is 2.20. The standard InChI is InChI=1S/C40H36N2/c41-39-23-21-33(35(25-29-13-5-1-6-14-29)37(39)27-31-17-9-3-10-18-31)34-22-24-40(42)38(28-32-19-11-4-12-20-32)36(34)26-30-15-7-2-8-16-30/h1-24H,25-28,41-42H2. The molecule has 0 saturated heterocycles. The minimum atomic E-state index is 0.780. The van der Waals surface area contributed by atoms with Crippen LogP contribution >= 0.6 is 0 Å². The Morgan fingerprint density at radius 3 is 0.833 bits per heavy atom. The van der Waals surface area contributed by atoms with E-state index in [1.807, 2.05) is 0 Å². The molecule has 4 N–H and O–H groups in total. The Hall–Kier alpha value is -5.08. The zero-order valence-corrected chi connectivity index (χ0v) is 23.8. The highest BCUT2D eigenvalue weighted by Crippen LogP contribution is 2.39. The van der Waals surface area contributed by atoms with Gasteiger partial charge in [-0.25, -0.2) is 0 Å². The molecule has 0 aromatic heterocycles. The Balaban J connectivity index is 1.57. The van der Waals surface area contributed by atoms with Crippen LogP contribution in [0.15, 0.2) is 146 Å². The summed E-state index contributed by atoms with van der Waals surface area (Å²) in [6.45, 7) is 0. The first-order valence-electron chi connectivity index (χ1n) is 14.6. The number of anilines is 2. The van der Waals surface area contributed by atoms with Gasteiger partial charge in [0.05, 0.1) is 0 Å². The van der Waals surface area contributed by atoms with Crippen LogP contribution in [0.1, 0.15) is 44.5 Å². The summed E-state index contributed by atoms with van der Waals surface area (Å²) in [5, 5.41) is 0. The smallest absolute Gasteiger partial charge is 0.0353 e. The van der Waals surface area contributed by atoms with E-state index in [-0.39, 0.29) is 0 Å². The summed E-state index contributed by atoms with van der Waals surface area (Å²) in [4.78, 5) is 0. The third-order valence-electron chi connectivity index (χ3n) is 8.12. The molecule has 0 unspecified atom stereocenters. The van der Waals surface area contributed by atoms with Gasteiger partial charge in [-0.1, -0.05) is 133 Å². The molecule has 0 aliphatic rings. The average Bonchev–Trinajstić information content (AvgIpc) is 3.03. The van der Waals surface area contributed by atoms with Crippen LogP contribution in [0.4, 0.5) is 11.4 Å². The molecule has 0 fully saturated rings. The van der Waals surface area contributed by atoms with Crippen molar-refractivity contribution in [1.82, 2.24) is 0 Å². The van der Waals surface area contributed by atoms with Crippen molar-refractivity contribution >= 4 is 11.4 Å². The average molecular weight is 545 g/mol. The Bertz CT molecular complexity index is 1630. The van der Waals surface area contributed by atoms with E-state index < -0.39 is 0 Å². The molecule has 6 aromatic rings. The van der Waals surface area contributed by atoms with Gasteiger partial charge < -0.3 is 11.5 Å². The number of hydrogen-bond acceptors (Lipinski definition) is 2. The lowest BCUT2D eigenvalue weighted by Gasteiger charge is -2.23. The molecular formula is C40H36N2. The first-order chi connectivity index (χ1) is 20.7. The van der Waals surface area contributed by atoms with Crippen molar-refractivity contribution in [2.45, 2.75) is 25.7 Å². The van der Waals surface area contributed by atoms with Gasteiger partial charge in [0.25, 0.3) is 0 Å². The van der Waals surface area contributed by atoms with E-state index in [1.54, 1.807) is 0 Å². The van der Waals surface area contributed by atoms with Crippen molar-refractivity contribution in [2.24, 2.45) is 0 Å². The van der Waals surface area contributed by atoms with Crippen LogP contribution in [0.25, 0.3) is 11.1 Å². The lowest BCUT2D eigenvalue weighted by Crippen LogP contribution is -2.08. The molecule has 0 aliphatic heterocycles. The Kier molecular flexibility index (Phi) is 8.14. The minimum absolute atomic E-state index is 0.780. The second kappa shape index (κ2) is 12.6. The van der Waals surface area contributed by atoms with E-state index in [9.17, 15) is 0 Å². The molecule has 0 bridgehead atoms. The Labute approximate surface area is 249 Å². The molecule has 0 aliphatic carbocycles. The summed E-state index contributed by atoms with van der Waals surface area (Å²) >= 11 is 0.